The van der Waals surface area contributed by atoms with Crippen molar-refractivity contribution in [3.05, 3.63) is 0 Å². The molecule has 3 amide bonds. The van der Waals surface area contributed by atoms with Gasteiger partial charge in [0.2, 0.25) is 17.4 Å². The summed E-state index contributed by atoms with van der Waals surface area (Å²) in [5.74, 6) is -5.27. The molecule has 1 spiro atoms. The maximum Gasteiger partial charge on any atom is 0.522 e. The molecule has 0 aromatic rings. The van der Waals surface area contributed by atoms with E-state index >= 15 is 0 Å². The molecular weight excluding hydrogens is 492 g/mol. The molecule has 3 rings (SSSR count). The number of ketones is 1. The third kappa shape index (κ3) is 6.05. The summed E-state index contributed by atoms with van der Waals surface area (Å²) in [4.78, 5) is 50.6. The summed E-state index contributed by atoms with van der Waals surface area (Å²) in [6, 6.07) is -3.11. The molecule has 0 radical (unpaired) electrons. The van der Waals surface area contributed by atoms with Crippen LogP contribution < -0.4 is 10.6 Å². The molecule has 4 atom stereocenters. The van der Waals surface area contributed by atoms with Gasteiger partial charge >= 0.3 is 12.5 Å². The average Bonchev–Trinajstić information content (AvgIpc) is 3.19. The smallest absolute Gasteiger partial charge is 0.373 e. The van der Waals surface area contributed by atoms with Crippen molar-refractivity contribution in [2.45, 2.75) is 69.3 Å². The normalized spacial score (nSPS) is 26.3. The molecule has 2 heterocycles. The number of ether oxygens (including phenoxy) is 1. The second-order valence-corrected chi connectivity index (χ2v) is 9.50. The zero-order valence-electron chi connectivity index (χ0n) is 18.6. The van der Waals surface area contributed by atoms with E-state index in [1.165, 1.54) is 0 Å². The molecular formula is C20H25F6N3O6. The predicted molar refractivity (Wildman–Crippen MR) is 103 cm³/mol. The molecule has 15 heteroatoms. The fraction of sp³-hybridized carbons (Fsp3) is 0.800. The molecule has 3 aliphatic rings. The van der Waals surface area contributed by atoms with Crippen LogP contribution >= 0.6 is 0 Å². The molecule has 0 bridgehead atoms. The highest BCUT2D eigenvalue weighted by Gasteiger charge is 2.62. The van der Waals surface area contributed by atoms with E-state index in [4.69, 9.17) is 0 Å². The van der Waals surface area contributed by atoms with Crippen LogP contribution in [0.1, 0.15) is 39.0 Å². The van der Waals surface area contributed by atoms with Gasteiger partial charge in [-0.15, -0.1) is 13.2 Å². The van der Waals surface area contributed by atoms with Gasteiger partial charge in [0, 0.05) is 19.0 Å². The standard InChI is InChI=1S/C20H25F6N3O6/c1-17(34,19(21,22)23)16(33)29-9-18(3-4-18)7-12(29)15(32)28-11(6-10-2-5-27-14(10)31)13(30)8-35-20(24,25)26/h10-12,34H,2-9H2,1H3,(H,27,31)(H,28,32)/t10-,11-,12-,17+/m0/s1. The molecule has 0 aromatic carbocycles. The number of likely N-dealkylation sites (tertiary alicyclic amines) is 1. The van der Waals surface area contributed by atoms with E-state index < -0.39 is 71.7 Å². The first-order chi connectivity index (χ1) is 16.0. The Hall–Kier alpha value is -2.42. The number of nitrogens with zero attached hydrogens (tertiary/aromatic N) is 1. The van der Waals surface area contributed by atoms with E-state index in [0.29, 0.717) is 17.7 Å². The van der Waals surface area contributed by atoms with Crippen molar-refractivity contribution in [3.63, 3.8) is 0 Å². The van der Waals surface area contributed by atoms with Gasteiger partial charge in [0.15, 0.2) is 5.78 Å². The molecule has 2 saturated heterocycles. The number of alkyl halides is 6. The van der Waals surface area contributed by atoms with Crippen molar-refractivity contribution in [1.29, 1.82) is 0 Å². The second kappa shape index (κ2) is 9.22. The van der Waals surface area contributed by atoms with Gasteiger partial charge in [-0.3, -0.25) is 23.9 Å². The lowest BCUT2D eigenvalue weighted by molar-refractivity contribution is -0.321. The third-order valence-electron chi connectivity index (χ3n) is 6.76. The molecule has 1 aliphatic carbocycles. The van der Waals surface area contributed by atoms with Gasteiger partial charge in [-0.05, 0) is 44.4 Å². The number of rotatable bonds is 8. The number of carbonyl (C=O) groups is 4. The Bertz CT molecular complexity index is 886. The Morgan fingerprint density at radius 3 is 2.34 bits per heavy atom. The van der Waals surface area contributed by atoms with Crippen LogP contribution in [0, 0.1) is 11.3 Å². The average molecular weight is 517 g/mol. The van der Waals surface area contributed by atoms with Gasteiger partial charge < -0.3 is 20.6 Å². The SMILES string of the molecule is C[C@@](O)(C(=O)N1CC2(CC2)C[C@H]1C(=O)N[C@@H](C[C@@H]1CCNC1=O)C(=O)COC(F)(F)F)C(F)(F)F. The van der Waals surface area contributed by atoms with Crippen molar-refractivity contribution in [1.82, 2.24) is 15.5 Å². The Labute approximate surface area is 195 Å². The largest absolute Gasteiger partial charge is 0.522 e. The number of hydrogen-bond donors (Lipinski definition) is 3. The minimum atomic E-state index is -5.33. The van der Waals surface area contributed by atoms with Crippen LogP contribution in [0.2, 0.25) is 0 Å². The monoisotopic (exact) mass is 517 g/mol. The summed E-state index contributed by atoms with van der Waals surface area (Å²) in [7, 11) is 0. The van der Waals surface area contributed by atoms with Crippen LogP contribution in [0.15, 0.2) is 0 Å². The lowest BCUT2D eigenvalue weighted by Gasteiger charge is -2.33. The van der Waals surface area contributed by atoms with E-state index in [2.05, 4.69) is 15.4 Å². The van der Waals surface area contributed by atoms with Crippen molar-refractivity contribution >= 4 is 23.5 Å². The number of Topliss-reactive ketones (excluding diaryl/α,β-unsaturated/α-hetero) is 1. The van der Waals surface area contributed by atoms with Crippen LogP contribution in [0.5, 0.6) is 0 Å². The van der Waals surface area contributed by atoms with Crippen molar-refractivity contribution in [2.24, 2.45) is 11.3 Å². The van der Waals surface area contributed by atoms with Gasteiger partial charge in [-0.25, -0.2) is 0 Å². The van der Waals surface area contributed by atoms with Gasteiger partial charge in [-0.1, -0.05) is 0 Å². The van der Waals surface area contributed by atoms with Crippen LogP contribution in [0.4, 0.5) is 26.3 Å². The summed E-state index contributed by atoms with van der Waals surface area (Å²) in [5.41, 5.74) is -4.38. The zero-order chi connectivity index (χ0) is 26.4. The fourth-order valence-corrected chi connectivity index (χ4v) is 4.39. The predicted octanol–water partition coefficient (Wildman–Crippen LogP) is 0.797. The number of nitrogens with one attached hydrogen (secondary N) is 2. The Morgan fingerprint density at radius 2 is 1.86 bits per heavy atom. The Balaban J connectivity index is 1.79. The van der Waals surface area contributed by atoms with E-state index in [1.54, 1.807) is 0 Å². The molecule has 2 aliphatic heterocycles. The van der Waals surface area contributed by atoms with Gasteiger partial charge in [-0.2, -0.15) is 13.2 Å². The molecule has 1 saturated carbocycles. The van der Waals surface area contributed by atoms with Crippen LogP contribution in [0.25, 0.3) is 0 Å². The lowest BCUT2D eigenvalue weighted by Crippen LogP contribution is -2.60. The first-order valence-corrected chi connectivity index (χ1v) is 10.9. The molecule has 0 aromatic heterocycles. The first-order valence-electron chi connectivity index (χ1n) is 10.9. The second-order valence-electron chi connectivity index (χ2n) is 9.50. The lowest BCUT2D eigenvalue weighted by atomic mass is 9.95. The Morgan fingerprint density at radius 1 is 1.23 bits per heavy atom. The third-order valence-corrected chi connectivity index (χ3v) is 6.76. The maximum absolute atomic E-state index is 13.2. The maximum atomic E-state index is 13.2. The highest BCUT2D eigenvalue weighted by molar-refractivity contribution is 5.96. The highest BCUT2D eigenvalue weighted by Crippen LogP contribution is 2.55. The number of hydrogen-bond acceptors (Lipinski definition) is 6. The number of carbonyl (C=O) groups excluding carboxylic acids is 4. The minimum Gasteiger partial charge on any atom is -0.373 e. The molecule has 3 fully saturated rings. The first kappa shape index (κ1) is 27.2. The number of aliphatic hydroxyl groups is 1. The van der Waals surface area contributed by atoms with E-state index in [1.807, 2.05) is 0 Å². The van der Waals surface area contributed by atoms with E-state index in [-0.39, 0.29) is 39.3 Å². The quantitative estimate of drug-likeness (QED) is 0.409. The minimum absolute atomic E-state index is 0.0393. The van der Waals surface area contributed by atoms with Gasteiger partial charge in [0.25, 0.3) is 5.91 Å². The zero-order valence-corrected chi connectivity index (χ0v) is 18.6. The topological polar surface area (TPSA) is 125 Å². The van der Waals surface area contributed by atoms with Gasteiger partial charge in [0.1, 0.15) is 12.6 Å². The highest BCUT2D eigenvalue weighted by atomic mass is 19.4. The van der Waals surface area contributed by atoms with Crippen molar-refractivity contribution < 1.29 is 55.4 Å². The number of amides is 3. The summed E-state index contributed by atoms with van der Waals surface area (Å²) >= 11 is 0. The van der Waals surface area contributed by atoms with Crippen LogP contribution in [0.3, 0.4) is 0 Å². The van der Waals surface area contributed by atoms with E-state index in [9.17, 15) is 50.6 Å². The summed E-state index contributed by atoms with van der Waals surface area (Å²) in [5, 5.41) is 14.5. The molecule has 3 N–H and O–H groups in total. The Kier molecular flexibility index (Phi) is 7.16. The van der Waals surface area contributed by atoms with Gasteiger partial charge in [0.05, 0.1) is 6.04 Å². The molecule has 0 unspecified atom stereocenters. The van der Waals surface area contributed by atoms with Crippen molar-refractivity contribution in [2.75, 3.05) is 19.7 Å². The summed E-state index contributed by atoms with van der Waals surface area (Å²) in [6.07, 6.45) is -9.55. The molecule has 9 nitrogen and oxygen atoms in total. The number of halogens is 6. The molecule has 35 heavy (non-hydrogen) atoms. The molecule has 198 valence electrons. The fourth-order valence-electron chi connectivity index (χ4n) is 4.39. The van der Waals surface area contributed by atoms with E-state index in [0.717, 1.165) is 0 Å². The van der Waals surface area contributed by atoms with Crippen molar-refractivity contribution in [3.8, 4) is 0 Å². The summed E-state index contributed by atoms with van der Waals surface area (Å²) in [6.45, 7) is -1.15. The van der Waals surface area contributed by atoms with Crippen LogP contribution in [-0.2, 0) is 23.9 Å². The summed E-state index contributed by atoms with van der Waals surface area (Å²) < 4.78 is 80.5. The van der Waals surface area contributed by atoms with Crippen LogP contribution in [-0.4, -0.2) is 83.4 Å².